The Bertz CT molecular complexity index is 170. The summed E-state index contributed by atoms with van der Waals surface area (Å²) in [5.74, 6) is 0.618. The molecule has 0 aromatic carbocycles. The SMILES string of the molecule is COC1=C(C)OC(C)(C)O1. The lowest BCUT2D eigenvalue weighted by Gasteiger charge is -2.17. The highest BCUT2D eigenvalue weighted by molar-refractivity contribution is 4.98. The van der Waals surface area contributed by atoms with Crippen molar-refractivity contribution in [3.8, 4) is 0 Å². The smallest absolute Gasteiger partial charge is 0.321 e. The molecule has 0 radical (unpaired) electrons. The van der Waals surface area contributed by atoms with Crippen molar-refractivity contribution in [3.63, 3.8) is 0 Å². The molecule has 0 saturated heterocycles. The predicted octanol–water partition coefficient (Wildman–Crippen LogP) is 1.60. The Morgan fingerprint density at radius 2 is 1.90 bits per heavy atom. The normalized spacial score (nSPS) is 22.0. The molecule has 0 aromatic heterocycles. The standard InChI is InChI=1S/C7H12O3/c1-5-6(8-4)10-7(2,3)9-5/h1-4H3. The topological polar surface area (TPSA) is 27.7 Å². The molecule has 0 saturated carbocycles. The molecular formula is C7H12O3. The van der Waals surface area contributed by atoms with E-state index in [-0.39, 0.29) is 0 Å². The number of ether oxygens (including phenoxy) is 3. The first-order chi connectivity index (χ1) is 4.55. The van der Waals surface area contributed by atoms with Gasteiger partial charge in [-0.05, 0) is 0 Å². The molecule has 1 aliphatic heterocycles. The van der Waals surface area contributed by atoms with Crippen molar-refractivity contribution >= 4 is 0 Å². The molecule has 58 valence electrons. The van der Waals surface area contributed by atoms with Crippen LogP contribution in [-0.4, -0.2) is 12.9 Å². The molecule has 0 amide bonds. The van der Waals surface area contributed by atoms with Gasteiger partial charge in [0.2, 0.25) is 5.79 Å². The summed E-state index contributed by atoms with van der Waals surface area (Å²) in [4.78, 5) is 0. The van der Waals surface area contributed by atoms with Crippen LogP contribution in [0.1, 0.15) is 20.8 Å². The second-order valence-electron chi connectivity index (χ2n) is 2.65. The second kappa shape index (κ2) is 2.08. The van der Waals surface area contributed by atoms with Gasteiger partial charge in [0.25, 0.3) is 0 Å². The predicted molar refractivity (Wildman–Crippen MR) is 36.0 cm³/mol. The van der Waals surface area contributed by atoms with Gasteiger partial charge >= 0.3 is 5.95 Å². The fourth-order valence-electron chi connectivity index (χ4n) is 0.912. The van der Waals surface area contributed by atoms with Crippen LogP contribution >= 0.6 is 0 Å². The molecule has 1 rings (SSSR count). The van der Waals surface area contributed by atoms with E-state index in [1.807, 2.05) is 20.8 Å². The molecule has 10 heavy (non-hydrogen) atoms. The van der Waals surface area contributed by atoms with E-state index in [2.05, 4.69) is 0 Å². The highest BCUT2D eigenvalue weighted by Crippen LogP contribution is 2.29. The van der Waals surface area contributed by atoms with Crippen LogP contribution in [0.5, 0.6) is 0 Å². The first-order valence-corrected chi connectivity index (χ1v) is 3.18. The van der Waals surface area contributed by atoms with Crippen LogP contribution in [0.25, 0.3) is 0 Å². The zero-order valence-corrected chi connectivity index (χ0v) is 6.72. The number of hydrogen-bond acceptors (Lipinski definition) is 3. The molecule has 0 aliphatic carbocycles. The van der Waals surface area contributed by atoms with E-state index in [0.29, 0.717) is 11.7 Å². The number of allylic oxidation sites excluding steroid dienone is 1. The van der Waals surface area contributed by atoms with Crippen molar-refractivity contribution in [1.82, 2.24) is 0 Å². The van der Waals surface area contributed by atoms with E-state index < -0.39 is 5.79 Å². The summed E-state index contributed by atoms with van der Waals surface area (Å²) in [5, 5.41) is 0. The van der Waals surface area contributed by atoms with Gasteiger partial charge in [-0.1, -0.05) is 0 Å². The first-order valence-electron chi connectivity index (χ1n) is 3.18. The van der Waals surface area contributed by atoms with Crippen LogP contribution in [0.3, 0.4) is 0 Å². The number of rotatable bonds is 1. The van der Waals surface area contributed by atoms with Gasteiger partial charge in [-0.15, -0.1) is 0 Å². The van der Waals surface area contributed by atoms with Gasteiger partial charge in [-0.25, -0.2) is 0 Å². The fraction of sp³-hybridized carbons (Fsp3) is 0.714. The summed E-state index contributed by atoms with van der Waals surface area (Å²) in [7, 11) is 1.56. The Morgan fingerprint density at radius 3 is 2.10 bits per heavy atom. The lowest BCUT2D eigenvalue weighted by atomic mass is 10.4. The summed E-state index contributed by atoms with van der Waals surface area (Å²) in [6, 6.07) is 0. The third-order valence-corrected chi connectivity index (χ3v) is 1.21. The molecular weight excluding hydrogens is 132 g/mol. The maximum Gasteiger partial charge on any atom is 0.321 e. The summed E-state index contributed by atoms with van der Waals surface area (Å²) in [6.07, 6.45) is 0. The average Bonchev–Trinajstić information content (AvgIpc) is 2.05. The van der Waals surface area contributed by atoms with Crippen LogP contribution in [-0.2, 0) is 14.2 Å². The van der Waals surface area contributed by atoms with Gasteiger partial charge in [0.05, 0.1) is 7.11 Å². The van der Waals surface area contributed by atoms with Gasteiger partial charge < -0.3 is 14.2 Å². The van der Waals surface area contributed by atoms with Crippen molar-refractivity contribution in [3.05, 3.63) is 11.7 Å². The van der Waals surface area contributed by atoms with Gasteiger partial charge in [-0.3, -0.25) is 0 Å². The maximum atomic E-state index is 5.28. The monoisotopic (exact) mass is 144 g/mol. The fourth-order valence-corrected chi connectivity index (χ4v) is 0.912. The Kier molecular flexibility index (Phi) is 1.50. The third kappa shape index (κ3) is 1.17. The highest BCUT2D eigenvalue weighted by Gasteiger charge is 2.32. The summed E-state index contributed by atoms with van der Waals surface area (Å²) in [6.45, 7) is 5.48. The summed E-state index contributed by atoms with van der Waals surface area (Å²) >= 11 is 0. The minimum absolute atomic E-state index is 0.477. The second-order valence-corrected chi connectivity index (χ2v) is 2.65. The molecule has 0 spiro atoms. The van der Waals surface area contributed by atoms with E-state index in [1.54, 1.807) is 7.11 Å². The molecule has 0 unspecified atom stereocenters. The van der Waals surface area contributed by atoms with Crippen molar-refractivity contribution in [2.75, 3.05) is 7.11 Å². The zero-order chi connectivity index (χ0) is 7.78. The van der Waals surface area contributed by atoms with Gasteiger partial charge in [0, 0.05) is 20.8 Å². The number of methoxy groups -OCH3 is 1. The van der Waals surface area contributed by atoms with E-state index in [9.17, 15) is 0 Å². The Balaban J connectivity index is 2.68. The van der Waals surface area contributed by atoms with E-state index in [4.69, 9.17) is 14.2 Å². The lowest BCUT2D eigenvalue weighted by molar-refractivity contribution is -0.142. The molecule has 0 bridgehead atoms. The third-order valence-electron chi connectivity index (χ3n) is 1.21. The van der Waals surface area contributed by atoms with Gasteiger partial charge in [-0.2, -0.15) is 0 Å². The molecule has 0 N–H and O–H groups in total. The van der Waals surface area contributed by atoms with E-state index in [1.165, 1.54) is 0 Å². The van der Waals surface area contributed by atoms with Gasteiger partial charge in [0.15, 0.2) is 5.76 Å². The minimum atomic E-state index is -0.560. The Hall–Kier alpha value is -0.860. The first kappa shape index (κ1) is 7.25. The number of hydrogen-bond donors (Lipinski definition) is 0. The Labute approximate surface area is 60.6 Å². The van der Waals surface area contributed by atoms with Crippen molar-refractivity contribution in [1.29, 1.82) is 0 Å². The molecule has 1 aliphatic rings. The van der Waals surface area contributed by atoms with Crippen LogP contribution in [0.4, 0.5) is 0 Å². The van der Waals surface area contributed by atoms with Crippen molar-refractivity contribution in [2.45, 2.75) is 26.6 Å². The molecule has 3 nitrogen and oxygen atoms in total. The van der Waals surface area contributed by atoms with Crippen molar-refractivity contribution < 1.29 is 14.2 Å². The van der Waals surface area contributed by atoms with Crippen LogP contribution in [0.2, 0.25) is 0 Å². The van der Waals surface area contributed by atoms with E-state index >= 15 is 0 Å². The summed E-state index contributed by atoms with van der Waals surface area (Å²) in [5.41, 5.74) is 0. The molecule has 0 fully saturated rings. The van der Waals surface area contributed by atoms with Crippen LogP contribution < -0.4 is 0 Å². The quantitative estimate of drug-likeness (QED) is 0.559. The van der Waals surface area contributed by atoms with Crippen LogP contribution in [0, 0.1) is 0 Å². The zero-order valence-electron chi connectivity index (χ0n) is 6.72. The lowest BCUT2D eigenvalue weighted by Crippen LogP contribution is -2.20. The van der Waals surface area contributed by atoms with E-state index in [0.717, 1.165) is 0 Å². The molecule has 3 heteroatoms. The largest absolute Gasteiger partial charge is 0.466 e. The average molecular weight is 144 g/mol. The summed E-state index contributed by atoms with van der Waals surface area (Å²) < 4.78 is 15.4. The highest BCUT2D eigenvalue weighted by atomic mass is 16.8. The van der Waals surface area contributed by atoms with Crippen LogP contribution in [0.15, 0.2) is 11.7 Å². The maximum absolute atomic E-state index is 5.28. The molecule has 0 atom stereocenters. The minimum Gasteiger partial charge on any atom is -0.466 e. The Morgan fingerprint density at radius 1 is 1.30 bits per heavy atom. The molecule has 0 aromatic rings. The van der Waals surface area contributed by atoms with Gasteiger partial charge in [0.1, 0.15) is 0 Å². The van der Waals surface area contributed by atoms with Crippen molar-refractivity contribution in [2.24, 2.45) is 0 Å². The molecule has 1 heterocycles.